The summed E-state index contributed by atoms with van der Waals surface area (Å²) in [4.78, 5) is 0. The van der Waals surface area contributed by atoms with Crippen molar-refractivity contribution in [3.05, 3.63) is 91.0 Å². The van der Waals surface area contributed by atoms with Crippen molar-refractivity contribution >= 4 is 7.82 Å². The van der Waals surface area contributed by atoms with Gasteiger partial charge in [0.1, 0.15) is 17.2 Å². The second-order valence-corrected chi connectivity index (χ2v) is 6.10. The van der Waals surface area contributed by atoms with Crippen LogP contribution in [0.4, 0.5) is 0 Å². The average Bonchev–Trinajstić information content (AvgIpc) is 2.57. The normalized spacial score (nSPS) is 9.54. The first-order chi connectivity index (χ1) is 11.2. The molecular weight excluding hydrogens is 428 g/mol. The van der Waals surface area contributed by atoms with E-state index in [0.717, 1.165) is 0 Å². The molecule has 26 heavy (non-hydrogen) atoms. The molecular formula is C18H18K3O4P. The van der Waals surface area contributed by atoms with Crippen LogP contribution in [0.1, 0.15) is 4.28 Å². The van der Waals surface area contributed by atoms with Crippen LogP contribution in [0.15, 0.2) is 91.0 Å². The van der Waals surface area contributed by atoms with Gasteiger partial charge in [-0.25, -0.2) is 0 Å². The van der Waals surface area contributed by atoms with Crippen LogP contribution in [0, 0.1) is 0 Å². The molecule has 0 atom stereocenters. The maximum atomic E-state index is 13.1. The van der Waals surface area contributed by atoms with Gasteiger partial charge < -0.3 is 17.9 Å². The summed E-state index contributed by atoms with van der Waals surface area (Å²) in [7, 11) is -3.89. The molecule has 0 aliphatic rings. The van der Waals surface area contributed by atoms with Crippen LogP contribution in [0.5, 0.6) is 17.2 Å². The summed E-state index contributed by atoms with van der Waals surface area (Å²) in [6.45, 7) is 0. The maximum Gasteiger partial charge on any atom is 1.00 e. The van der Waals surface area contributed by atoms with Gasteiger partial charge in [-0.3, -0.25) is 0 Å². The molecule has 0 unspecified atom stereocenters. The zero-order chi connectivity index (χ0) is 16.0. The van der Waals surface area contributed by atoms with Crippen molar-refractivity contribution in [2.45, 2.75) is 0 Å². The Morgan fingerprint density at radius 3 is 0.962 bits per heavy atom. The summed E-state index contributed by atoms with van der Waals surface area (Å²) >= 11 is 0. The molecule has 3 aromatic carbocycles. The number of phosphoric ester groups is 1. The maximum absolute atomic E-state index is 13.1. The minimum Gasteiger partial charge on any atom is -1.00 e. The fraction of sp³-hybridized carbons (Fsp3) is 0. The topological polar surface area (TPSA) is 44.8 Å². The van der Waals surface area contributed by atoms with Crippen molar-refractivity contribution < 1.29 is 177 Å². The monoisotopic (exact) mass is 446 g/mol. The number of phosphoric acid groups is 1. The van der Waals surface area contributed by atoms with Gasteiger partial charge in [-0.2, -0.15) is 4.57 Å². The Balaban J connectivity index is -0.000000521. The molecule has 0 aliphatic carbocycles. The molecule has 4 nitrogen and oxygen atoms in total. The molecule has 0 N–H and O–H groups in total. The Morgan fingerprint density at radius 1 is 0.500 bits per heavy atom. The standard InChI is InChI=1S/C18H15O4P.3K.3H/c19-23(20-16-10-4-1-5-11-16,21-17-12-6-2-7-13-17)22-18-14-8-3-9-15-18;;;;;;/h1-15H;;;;;;/q;3*+1;3*-1. The third-order valence-electron chi connectivity index (χ3n) is 2.88. The second kappa shape index (κ2) is 15.1. The summed E-state index contributed by atoms with van der Waals surface area (Å²) < 4.78 is 29.6. The molecule has 0 amide bonds. The van der Waals surface area contributed by atoms with Gasteiger partial charge in [0.15, 0.2) is 0 Å². The summed E-state index contributed by atoms with van der Waals surface area (Å²) in [6, 6.07) is 26.4. The largest absolute Gasteiger partial charge is 1.00 e. The molecule has 122 valence electrons. The van der Waals surface area contributed by atoms with Crippen LogP contribution in [0.3, 0.4) is 0 Å². The summed E-state index contributed by atoms with van der Waals surface area (Å²) in [5.74, 6) is 1.22. The van der Waals surface area contributed by atoms with Crippen molar-refractivity contribution in [1.29, 1.82) is 0 Å². The predicted octanol–water partition coefficient (Wildman–Crippen LogP) is -3.32. The molecule has 0 aromatic heterocycles. The van der Waals surface area contributed by atoms with E-state index in [4.69, 9.17) is 13.6 Å². The van der Waals surface area contributed by atoms with E-state index in [9.17, 15) is 4.57 Å². The van der Waals surface area contributed by atoms with Crippen LogP contribution in [-0.4, -0.2) is 0 Å². The first-order valence-corrected chi connectivity index (χ1v) is 8.54. The molecule has 0 spiro atoms. The molecule has 0 fully saturated rings. The van der Waals surface area contributed by atoms with Gasteiger partial charge in [-0.15, -0.1) is 0 Å². The number of hydrogen-bond acceptors (Lipinski definition) is 4. The minimum absolute atomic E-state index is 0. The fourth-order valence-electron chi connectivity index (χ4n) is 1.89. The van der Waals surface area contributed by atoms with Crippen LogP contribution in [0.25, 0.3) is 0 Å². The zero-order valence-electron chi connectivity index (χ0n) is 18.2. The van der Waals surface area contributed by atoms with Crippen LogP contribution in [0.2, 0.25) is 0 Å². The molecule has 0 radical (unpaired) electrons. The number of hydrogen-bond donors (Lipinski definition) is 0. The number of para-hydroxylation sites is 3. The second-order valence-electron chi connectivity index (χ2n) is 4.66. The van der Waals surface area contributed by atoms with Gasteiger partial charge in [0.25, 0.3) is 0 Å². The quantitative estimate of drug-likeness (QED) is 0.294. The van der Waals surface area contributed by atoms with Crippen molar-refractivity contribution in [2.24, 2.45) is 0 Å². The summed E-state index contributed by atoms with van der Waals surface area (Å²) in [5, 5.41) is 0. The fourth-order valence-corrected chi connectivity index (χ4v) is 3.14. The predicted molar refractivity (Wildman–Crippen MR) is 92.2 cm³/mol. The van der Waals surface area contributed by atoms with Crippen molar-refractivity contribution in [1.82, 2.24) is 0 Å². The van der Waals surface area contributed by atoms with E-state index in [2.05, 4.69) is 0 Å². The van der Waals surface area contributed by atoms with E-state index in [1.54, 1.807) is 72.8 Å². The van der Waals surface area contributed by atoms with Crippen LogP contribution >= 0.6 is 7.82 Å². The summed E-state index contributed by atoms with van der Waals surface area (Å²) in [5.41, 5.74) is 0. The Labute approximate surface area is 286 Å². The summed E-state index contributed by atoms with van der Waals surface area (Å²) in [6.07, 6.45) is 0. The number of benzene rings is 3. The van der Waals surface area contributed by atoms with Crippen LogP contribution < -0.4 is 168 Å². The van der Waals surface area contributed by atoms with E-state index in [1.165, 1.54) is 0 Å². The van der Waals surface area contributed by atoms with E-state index in [1.807, 2.05) is 18.2 Å². The molecule has 0 saturated carbocycles. The average molecular weight is 447 g/mol. The minimum atomic E-state index is -3.89. The van der Waals surface area contributed by atoms with Gasteiger partial charge in [0.05, 0.1) is 0 Å². The van der Waals surface area contributed by atoms with Gasteiger partial charge in [-0.05, 0) is 36.4 Å². The van der Waals surface area contributed by atoms with Crippen molar-refractivity contribution in [3.8, 4) is 17.2 Å². The third kappa shape index (κ3) is 9.80. The number of rotatable bonds is 6. The molecule has 0 aliphatic heterocycles. The smallest absolute Gasteiger partial charge is 1.00 e. The van der Waals surface area contributed by atoms with Gasteiger partial charge in [-0.1, -0.05) is 54.6 Å². The first kappa shape index (κ1) is 28.2. The Bertz CT molecular complexity index is 695. The Kier molecular flexibility index (Phi) is 16.3. The molecule has 3 aromatic rings. The molecule has 0 saturated heterocycles. The third-order valence-corrected chi connectivity index (χ3v) is 4.18. The SMILES string of the molecule is O=P(Oc1ccccc1)(Oc1ccccc1)Oc1ccccc1.[H-].[H-].[H-].[K+].[K+].[K+]. The van der Waals surface area contributed by atoms with Crippen molar-refractivity contribution in [2.75, 3.05) is 0 Å². The van der Waals surface area contributed by atoms with E-state index >= 15 is 0 Å². The van der Waals surface area contributed by atoms with E-state index < -0.39 is 7.82 Å². The van der Waals surface area contributed by atoms with Crippen molar-refractivity contribution in [3.63, 3.8) is 0 Å². The van der Waals surface area contributed by atoms with Gasteiger partial charge in [0, 0.05) is 0 Å². The van der Waals surface area contributed by atoms with Crippen LogP contribution in [-0.2, 0) is 4.57 Å². The zero-order valence-corrected chi connectivity index (χ0v) is 25.5. The van der Waals surface area contributed by atoms with Gasteiger partial charge >= 0.3 is 162 Å². The molecule has 3 rings (SSSR count). The molecule has 0 heterocycles. The van der Waals surface area contributed by atoms with Gasteiger partial charge in [0.2, 0.25) is 0 Å². The molecule has 0 bridgehead atoms. The van der Waals surface area contributed by atoms with E-state index in [-0.39, 0.29) is 158 Å². The van der Waals surface area contributed by atoms with E-state index in [0.29, 0.717) is 17.2 Å². The first-order valence-electron chi connectivity index (χ1n) is 7.07. The Hall–Kier alpha value is 2.20. The molecule has 8 heteroatoms. The Morgan fingerprint density at radius 2 is 0.731 bits per heavy atom.